The lowest BCUT2D eigenvalue weighted by molar-refractivity contribution is -0.138. The van der Waals surface area contributed by atoms with Gasteiger partial charge in [0.25, 0.3) is 0 Å². The van der Waals surface area contributed by atoms with Crippen LogP contribution in [0.4, 0.5) is 13.2 Å². The molecule has 3 rings (SSSR count). The molecule has 26 heavy (non-hydrogen) atoms. The molecular formula is C18H14BrF3N2O2. The SMILES string of the molecule is CCn1nc2ccc(C)cc2c1C(=O)c1cc(Br)c(O)c(C(F)(F)F)c1. The van der Waals surface area contributed by atoms with Crippen LogP contribution in [0.3, 0.4) is 0 Å². The first kappa shape index (κ1) is 18.4. The van der Waals surface area contributed by atoms with Gasteiger partial charge in [-0.3, -0.25) is 9.48 Å². The highest BCUT2D eigenvalue weighted by atomic mass is 79.9. The van der Waals surface area contributed by atoms with Crippen molar-refractivity contribution in [3.63, 3.8) is 0 Å². The van der Waals surface area contributed by atoms with E-state index < -0.39 is 23.3 Å². The van der Waals surface area contributed by atoms with Crippen molar-refractivity contribution in [1.82, 2.24) is 9.78 Å². The molecule has 0 unspecified atom stereocenters. The van der Waals surface area contributed by atoms with Gasteiger partial charge in [0, 0.05) is 17.5 Å². The molecule has 0 bridgehead atoms. The maximum Gasteiger partial charge on any atom is 0.420 e. The van der Waals surface area contributed by atoms with Gasteiger partial charge in [0.1, 0.15) is 11.4 Å². The number of fused-ring (bicyclic) bond motifs is 1. The predicted octanol–water partition coefficient (Wildman–Crippen LogP) is 5.08. The van der Waals surface area contributed by atoms with Gasteiger partial charge in [0.05, 0.1) is 15.6 Å². The molecule has 0 spiro atoms. The van der Waals surface area contributed by atoms with E-state index in [1.807, 2.05) is 13.0 Å². The average molecular weight is 427 g/mol. The number of nitrogens with zero attached hydrogens (tertiary/aromatic N) is 2. The third-order valence-electron chi connectivity index (χ3n) is 4.04. The second-order valence-corrected chi connectivity index (χ2v) is 6.72. The maximum absolute atomic E-state index is 13.2. The second kappa shape index (κ2) is 6.42. The van der Waals surface area contributed by atoms with Crippen LogP contribution in [0.5, 0.6) is 5.75 Å². The number of carbonyl (C=O) groups excluding carboxylic acids is 1. The predicted molar refractivity (Wildman–Crippen MR) is 94.4 cm³/mol. The van der Waals surface area contributed by atoms with Crippen molar-refractivity contribution in [3.8, 4) is 5.75 Å². The maximum atomic E-state index is 13.2. The normalized spacial score (nSPS) is 11.9. The van der Waals surface area contributed by atoms with Gasteiger partial charge in [-0.2, -0.15) is 18.3 Å². The van der Waals surface area contributed by atoms with Crippen LogP contribution in [0.25, 0.3) is 10.9 Å². The van der Waals surface area contributed by atoms with Crippen LogP contribution in [0.1, 0.15) is 34.1 Å². The van der Waals surface area contributed by atoms with Crippen LogP contribution < -0.4 is 0 Å². The Bertz CT molecular complexity index is 1030. The summed E-state index contributed by atoms with van der Waals surface area (Å²) in [5.41, 5.74) is 0.273. The van der Waals surface area contributed by atoms with Crippen LogP contribution in [0, 0.1) is 6.92 Å². The molecule has 2 aromatic carbocycles. The number of aromatic hydroxyl groups is 1. The minimum atomic E-state index is -4.79. The third kappa shape index (κ3) is 3.09. The van der Waals surface area contributed by atoms with Crippen molar-refractivity contribution in [3.05, 3.63) is 57.2 Å². The summed E-state index contributed by atoms with van der Waals surface area (Å²) < 4.78 is 40.7. The second-order valence-electron chi connectivity index (χ2n) is 5.87. The van der Waals surface area contributed by atoms with Gasteiger partial charge in [0.2, 0.25) is 5.78 Å². The number of phenols is 1. The number of carbonyl (C=O) groups is 1. The van der Waals surface area contributed by atoms with E-state index in [0.717, 1.165) is 5.56 Å². The van der Waals surface area contributed by atoms with Crippen molar-refractivity contribution in [2.45, 2.75) is 26.6 Å². The zero-order valence-corrected chi connectivity index (χ0v) is 15.4. The quantitative estimate of drug-likeness (QED) is 0.593. The summed E-state index contributed by atoms with van der Waals surface area (Å²) in [6.07, 6.45) is -4.79. The number of phenolic OH excluding ortho intramolecular Hbond substituents is 1. The Morgan fingerprint density at radius 2 is 1.96 bits per heavy atom. The zero-order chi connectivity index (χ0) is 19.2. The minimum absolute atomic E-state index is 0.181. The molecule has 0 amide bonds. The Hall–Kier alpha value is -2.35. The Morgan fingerprint density at radius 1 is 1.27 bits per heavy atom. The largest absolute Gasteiger partial charge is 0.506 e. The zero-order valence-electron chi connectivity index (χ0n) is 13.9. The van der Waals surface area contributed by atoms with Crippen LogP contribution in [0.2, 0.25) is 0 Å². The van der Waals surface area contributed by atoms with E-state index in [4.69, 9.17) is 0 Å². The molecule has 1 aromatic heterocycles. The smallest absolute Gasteiger partial charge is 0.420 e. The molecule has 0 radical (unpaired) electrons. The molecule has 0 aliphatic carbocycles. The summed E-state index contributed by atoms with van der Waals surface area (Å²) in [7, 11) is 0. The van der Waals surface area contributed by atoms with E-state index >= 15 is 0 Å². The molecule has 0 aliphatic heterocycles. The highest BCUT2D eigenvalue weighted by Crippen LogP contribution is 2.41. The number of rotatable bonds is 3. The molecule has 3 aromatic rings. The van der Waals surface area contributed by atoms with Crippen molar-refractivity contribution >= 4 is 32.6 Å². The molecule has 0 fully saturated rings. The molecular weight excluding hydrogens is 413 g/mol. The van der Waals surface area contributed by atoms with Gasteiger partial charge in [-0.05, 0) is 54.0 Å². The van der Waals surface area contributed by atoms with E-state index in [-0.39, 0.29) is 15.7 Å². The summed E-state index contributed by atoms with van der Waals surface area (Å²) in [6, 6.07) is 7.24. The van der Waals surface area contributed by atoms with Gasteiger partial charge >= 0.3 is 6.18 Å². The van der Waals surface area contributed by atoms with E-state index in [1.165, 1.54) is 10.7 Å². The van der Waals surface area contributed by atoms with Crippen molar-refractivity contribution in [2.24, 2.45) is 0 Å². The Labute approximate surface area is 155 Å². The van der Waals surface area contributed by atoms with Crippen LogP contribution in [-0.2, 0) is 12.7 Å². The average Bonchev–Trinajstić information content (AvgIpc) is 2.93. The summed E-state index contributed by atoms with van der Waals surface area (Å²) >= 11 is 2.89. The topological polar surface area (TPSA) is 55.1 Å². The lowest BCUT2D eigenvalue weighted by atomic mass is 10.0. The number of aromatic nitrogens is 2. The lowest BCUT2D eigenvalue weighted by Gasteiger charge is -2.13. The number of hydrogen-bond donors (Lipinski definition) is 1. The summed E-state index contributed by atoms with van der Waals surface area (Å²) in [4.78, 5) is 13.0. The van der Waals surface area contributed by atoms with Gasteiger partial charge < -0.3 is 5.11 Å². The minimum Gasteiger partial charge on any atom is -0.506 e. The first-order chi connectivity index (χ1) is 12.1. The van der Waals surface area contributed by atoms with Crippen LogP contribution in [0.15, 0.2) is 34.8 Å². The van der Waals surface area contributed by atoms with Gasteiger partial charge in [-0.15, -0.1) is 0 Å². The molecule has 1 heterocycles. The fourth-order valence-corrected chi connectivity index (χ4v) is 3.26. The lowest BCUT2D eigenvalue weighted by Crippen LogP contribution is -2.13. The Balaban J connectivity index is 2.24. The Kier molecular flexibility index (Phi) is 4.56. The molecule has 0 aliphatic rings. The molecule has 136 valence electrons. The fourth-order valence-electron chi connectivity index (χ4n) is 2.80. The van der Waals surface area contributed by atoms with Crippen LogP contribution >= 0.6 is 15.9 Å². The molecule has 1 N–H and O–H groups in total. The van der Waals surface area contributed by atoms with Crippen molar-refractivity contribution < 1.29 is 23.1 Å². The number of benzene rings is 2. The standard InChI is InChI=1S/C18H14BrF3N2O2/c1-3-24-15(11-6-9(2)4-5-14(11)23-24)16(25)10-7-12(18(20,21)22)17(26)13(19)8-10/h4-8,26H,3H2,1-2H3. The van der Waals surface area contributed by atoms with E-state index in [1.54, 1.807) is 19.1 Å². The van der Waals surface area contributed by atoms with Gasteiger partial charge in [-0.1, -0.05) is 11.6 Å². The third-order valence-corrected chi connectivity index (χ3v) is 4.64. The number of halogens is 4. The van der Waals surface area contributed by atoms with E-state index in [2.05, 4.69) is 21.0 Å². The van der Waals surface area contributed by atoms with Crippen molar-refractivity contribution in [1.29, 1.82) is 0 Å². The Morgan fingerprint density at radius 3 is 2.58 bits per heavy atom. The summed E-state index contributed by atoms with van der Waals surface area (Å²) in [6.45, 7) is 4.04. The molecule has 0 atom stereocenters. The van der Waals surface area contributed by atoms with E-state index in [0.29, 0.717) is 23.5 Å². The highest BCUT2D eigenvalue weighted by Gasteiger charge is 2.36. The molecule has 0 saturated heterocycles. The molecule has 8 heteroatoms. The van der Waals surface area contributed by atoms with E-state index in [9.17, 15) is 23.1 Å². The molecule has 4 nitrogen and oxygen atoms in total. The van der Waals surface area contributed by atoms with Gasteiger partial charge in [-0.25, -0.2) is 0 Å². The number of alkyl halides is 3. The first-order valence-corrected chi connectivity index (χ1v) is 8.54. The molecule has 0 saturated carbocycles. The summed E-state index contributed by atoms with van der Waals surface area (Å²) in [5.74, 6) is -1.54. The number of aryl methyl sites for hydroxylation is 2. The van der Waals surface area contributed by atoms with Crippen molar-refractivity contribution in [2.75, 3.05) is 0 Å². The summed E-state index contributed by atoms with van der Waals surface area (Å²) in [5, 5.41) is 14.6. The monoisotopic (exact) mass is 426 g/mol. The number of hydrogen-bond acceptors (Lipinski definition) is 3. The highest BCUT2D eigenvalue weighted by molar-refractivity contribution is 9.10. The number of ketones is 1. The van der Waals surface area contributed by atoms with Crippen LogP contribution in [-0.4, -0.2) is 20.7 Å². The van der Waals surface area contributed by atoms with Gasteiger partial charge in [0.15, 0.2) is 0 Å². The fraction of sp³-hybridized carbons (Fsp3) is 0.222. The first-order valence-electron chi connectivity index (χ1n) is 7.75.